The number of hydrogen-bond acceptors (Lipinski definition) is 6. The van der Waals surface area contributed by atoms with E-state index in [4.69, 9.17) is 0 Å². The van der Waals surface area contributed by atoms with E-state index in [1.807, 2.05) is 6.92 Å². The summed E-state index contributed by atoms with van der Waals surface area (Å²) in [5.74, 6) is -1.05. The first-order valence-electron chi connectivity index (χ1n) is 6.14. The smallest absolute Gasteiger partial charge is 0.360 e. The fourth-order valence-electron chi connectivity index (χ4n) is 1.84. The molecule has 1 unspecified atom stereocenters. The van der Waals surface area contributed by atoms with E-state index in [-0.39, 0.29) is 18.2 Å². The van der Waals surface area contributed by atoms with Crippen LogP contribution in [0.4, 0.5) is 0 Å². The second kappa shape index (κ2) is 6.86. The number of aromatic nitrogens is 3. The van der Waals surface area contributed by atoms with Crippen LogP contribution in [0.2, 0.25) is 0 Å². The zero-order valence-electron chi connectivity index (χ0n) is 11.7. The summed E-state index contributed by atoms with van der Waals surface area (Å²) in [6, 6.07) is 0.0514. The second-order valence-corrected chi connectivity index (χ2v) is 4.21. The molecule has 0 amide bonds. The van der Waals surface area contributed by atoms with Crippen LogP contribution in [-0.2, 0) is 20.7 Å². The van der Waals surface area contributed by atoms with Gasteiger partial charge >= 0.3 is 11.9 Å². The third kappa shape index (κ3) is 3.52. The molecule has 7 heteroatoms. The van der Waals surface area contributed by atoms with Crippen molar-refractivity contribution >= 4 is 11.9 Å². The van der Waals surface area contributed by atoms with Crippen LogP contribution in [0.3, 0.4) is 0 Å². The van der Waals surface area contributed by atoms with Crippen molar-refractivity contribution in [1.82, 2.24) is 15.0 Å². The maximum Gasteiger partial charge on any atom is 0.360 e. The van der Waals surface area contributed by atoms with Gasteiger partial charge in [-0.15, -0.1) is 5.10 Å². The molecule has 0 spiro atoms. The zero-order chi connectivity index (χ0) is 14.4. The summed E-state index contributed by atoms with van der Waals surface area (Å²) in [4.78, 5) is 23.0. The molecule has 1 aromatic heterocycles. The molecule has 0 radical (unpaired) electrons. The van der Waals surface area contributed by atoms with Gasteiger partial charge in [-0.25, -0.2) is 9.48 Å². The summed E-state index contributed by atoms with van der Waals surface area (Å²) in [6.45, 7) is 4.01. The van der Waals surface area contributed by atoms with Crippen LogP contribution in [-0.4, -0.2) is 41.2 Å². The van der Waals surface area contributed by atoms with E-state index in [0.29, 0.717) is 5.69 Å². The first-order chi connectivity index (χ1) is 9.04. The van der Waals surface area contributed by atoms with E-state index in [1.165, 1.54) is 14.2 Å². The number of hydrogen-bond donors (Lipinski definition) is 0. The van der Waals surface area contributed by atoms with Gasteiger partial charge in [-0.2, -0.15) is 0 Å². The van der Waals surface area contributed by atoms with Gasteiger partial charge in [0.2, 0.25) is 0 Å². The van der Waals surface area contributed by atoms with Crippen molar-refractivity contribution in [3.63, 3.8) is 0 Å². The van der Waals surface area contributed by atoms with Crippen LogP contribution >= 0.6 is 0 Å². The average molecular weight is 269 g/mol. The lowest BCUT2D eigenvalue weighted by atomic mass is 10.1. The van der Waals surface area contributed by atoms with Crippen LogP contribution < -0.4 is 0 Å². The zero-order valence-corrected chi connectivity index (χ0v) is 11.7. The van der Waals surface area contributed by atoms with Gasteiger partial charge in [-0.1, -0.05) is 18.6 Å². The first kappa shape index (κ1) is 15.1. The van der Waals surface area contributed by atoms with Gasteiger partial charge in [0.25, 0.3) is 0 Å². The molecule has 0 fully saturated rings. The van der Waals surface area contributed by atoms with Gasteiger partial charge in [0.05, 0.1) is 32.4 Å². The number of carbonyl (C=O) groups excluding carboxylic acids is 2. The maximum absolute atomic E-state index is 11.6. The molecule has 7 nitrogen and oxygen atoms in total. The molecule has 0 saturated heterocycles. The van der Waals surface area contributed by atoms with Gasteiger partial charge in [-0.3, -0.25) is 4.79 Å². The first-order valence-corrected chi connectivity index (χ1v) is 6.14. The van der Waals surface area contributed by atoms with Gasteiger partial charge < -0.3 is 9.47 Å². The fourth-order valence-corrected chi connectivity index (χ4v) is 1.84. The van der Waals surface area contributed by atoms with E-state index in [2.05, 4.69) is 26.7 Å². The molecule has 0 aliphatic carbocycles. The summed E-state index contributed by atoms with van der Waals surface area (Å²) in [5.41, 5.74) is 0.496. The van der Waals surface area contributed by atoms with Crippen molar-refractivity contribution in [2.24, 2.45) is 0 Å². The Balaban J connectivity index is 3.13. The minimum absolute atomic E-state index is 0.0514. The minimum atomic E-state index is -0.603. The van der Waals surface area contributed by atoms with E-state index in [0.717, 1.165) is 12.8 Å². The van der Waals surface area contributed by atoms with Crippen molar-refractivity contribution in [3.05, 3.63) is 11.4 Å². The molecule has 1 heterocycles. The van der Waals surface area contributed by atoms with Crippen LogP contribution in [0.25, 0.3) is 0 Å². The Bertz CT molecular complexity index is 456. The maximum atomic E-state index is 11.6. The minimum Gasteiger partial charge on any atom is -0.469 e. The van der Waals surface area contributed by atoms with Crippen LogP contribution in [0.5, 0.6) is 0 Å². The topological polar surface area (TPSA) is 83.3 Å². The lowest BCUT2D eigenvalue weighted by Gasteiger charge is -2.13. The quantitative estimate of drug-likeness (QED) is 0.720. The van der Waals surface area contributed by atoms with Gasteiger partial charge in [0, 0.05) is 0 Å². The van der Waals surface area contributed by atoms with E-state index >= 15 is 0 Å². The molecule has 1 aromatic rings. The summed E-state index contributed by atoms with van der Waals surface area (Å²) < 4.78 is 10.9. The van der Waals surface area contributed by atoms with Crippen molar-refractivity contribution in [3.8, 4) is 0 Å². The molecule has 1 rings (SSSR count). The molecule has 0 aliphatic heterocycles. The van der Waals surface area contributed by atoms with E-state index in [1.54, 1.807) is 4.68 Å². The standard InChI is InChI=1S/C12H19N3O4/c1-5-6-8(2)15-9(7-10(16)18-3)11(13-14-15)12(17)19-4/h8H,5-7H2,1-4H3. The Kier molecular flexibility index (Phi) is 5.47. The van der Waals surface area contributed by atoms with Crippen LogP contribution in [0, 0.1) is 0 Å². The monoisotopic (exact) mass is 269 g/mol. The lowest BCUT2D eigenvalue weighted by Crippen LogP contribution is -2.17. The predicted molar refractivity (Wildman–Crippen MR) is 66.7 cm³/mol. The fraction of sp³-hybridized carbons (Fsp3) is 0.667. The van der Waals surface area contributed by atoms with Gasteiger partial charge in [-0.05, 0) is 13.3 Å². The van der Waals surface area contributed by atoms with Crippen molar-refractivity contribution < 1.29 is 19.1 Å². The highest BCUT2D eigenvalue weighted by molar-refractivity contribution is 5.89. The molecule has 0 saturated carbocycles. The van der Waals surface area contributed by atoms with Crippen LogP contribution in [0.1, 0.15) is 48.9 Å². The van der Waals surface area contributed by atoms with Gasteiger partial charge in [0.15, 0.2) is 5.69 Å². The number of nitrogens with zero attached hydrogens (tertiary/aromatic N) is 3. The normalized spacial score (nSPS) is 12.0. The molecular weight excluding hydrogens is 250 g/mol. The highest BCUT2D eigenvalue weighted by atomic mass is 16.5. The number of esters is 2. The Labute approximate surface area is 111 Å². The third-order valence-electron chi connectivity index (χ3n) is 2.83. The summed E-state index contributed by atoms with van der Waals surface area (Å²) >= 11 is 0. The molecule has 0 N–H and O–H groups in total. The molecule has 106 valence electrons. The number of ether oxygens (including phenoxy) is 2. The molecule has 0 aliphatic rings. The Morgan fingerprint density at radius 3 is 2.53 bits per heavy atom. The SMILES string of the molecule is CCCC(C)n1nnc(C(=O)OC)c1CC(=O)OC. The molecule has 0 aromatic carbocycles. The molecule has 1 atom stereocenters. The van der Waals surface area contributed by atoms with Crippen LogP contribution in [0.15, 0.2) is 0 Å². The Morgan fingerprint density at radius 2 is 2.00 bits per heavy atom. The van der Waals surface area contributed by atoms with Crippen molar-refractivity contribution in [2.75, 3.05) is 14.2 Å². The summed E-state index contributed by atoms with van der Waals surface area (Å²) in [7, 11) is 2.56. The third-order valence-corrected chi connectivity index (χ3v) is 2.83. The van der Waals surface area contributed by atoms with Crippen molar-refractivity contribution in [1.29, 1.82) is 0 Å². The molecule has 0 bridgehead atoms. The highest BCUT2D eigenvalue weighted by Crippen LogP contribution is 2.18. The Hall–Kier alpha value is -1.92. The number of carbonyl (C=O) groups is 2. The highest BCUT2D eigenvalue weighted by Gasteiger charge is 2.24. The van der Waals surface area contributed by atoms with E-state index < -0.39 is 11.9 Å². The summed E-state index contributed by atoms with van der Waals surface area (Å²) in [6.07, 6.45) is 1.78. The molecular formula is C12H19N3O4. The van der Waals surface area contributed by atoms with Crippen molar-refractivity contribution in [2.45, 2.75) is 39.2 Å². The number of rotatable bonds is 6. The van der Waals surface area contributed by atoms with Gasteiger partial charge in [0.1, 0.15) is 0 Å². The second-order valence-electron chi connectivity index (χ2n) is 4.21. The molecule has 19 heavy (non-hydrogen) atoms. The predicted octanol–water partition coefficient (Wildman–Crippen LogP) is 1.14. The van der Waals surface area contributed by atoms with E-state index in [9.17, 15) is 9.59 Å². The number of methoxy groups -OCH3 is 2. The largest absolute Gasteiger partial charge is 0.469 e. The summed E-state index contributed by atoms with van der Waals surface area (Å²) in [5, 5.41) is 7.76. The average Bonchev–Trinajstić information content (AvgIpc) is 2.81. The Morgan fingerprint density at radius 1 is 1.32 bits per heavy atom. The lowest BCUT2D eigenvalue weighted by molar-refractivity contribution is -0.139.